The molecule has 5 nitrogen and oxygen atoms in total. The molecule has 0 fully saturated rings. The monoisotopic (exact) mass is 288 g/mol. The third-order valence-corrected chi connectivity index (χ3v) is 3.66. The smallest absolute Gasteiger partial charge is 0.163 e. The van der Waals surface area contributed by atoms with Gasteiger partial charge in [0.2, 0.25) is 0 Å². The van der Waals surface area contributed by atoms with Crippen molar-refractivity contribution in [2.75, 3.05) is 5.32 Å². The number of aromatic amines is 1. The van der Waals surface area contributed by atoms with Crippen LogP contribution in [-0.2, 0) is 0 Å². The number of carbonyl (C=O) groups excluding carboxylic acids is 1. The minimum Gasteiger partial charge on any atom is -0.366 e. The van der Waals surface area contributed by atoms with Gasteiger partial charge in [-0.25, -0.2) is 9.97 Å². The van der Waals surface area contributed by atoms with Crippen LogP contribution in [0, 0.1) is 0 Å². The fourth-order valence-electron chi connectivity index (χ4n) is 2.53. The van der Waals surface area contributed by atoms with E-state index in [4.69, 9.17) is 0 Å². The zero-order valence-electron chi connectivity index (χ0n) is 13.1. The number of nitrogens with one attached hydrogen (secondary N) is 2. The molecule has 5 heteroatoms. The van der Waals surface area contributed by atoms with Crippen LogP contribution >= 0.6 is 0 Å². The van der Waals surface area contributed by atoms with Crippen LogP contribution < -0.4 is 5.32 Å². The first-order valence-corrected chi connectivity index (χ1v) is 7.77. The molecule has 0 aliphatic rings. The number of rotatable bonds is 8. The van der Waals surface area contributed by atoms with Crippen molar-refractivity contribution in [2.45, 2.75) is 58.9 Å². The number of nitrogens with zero attached hydrogens (tertiary/aromatic N) is 2. The Morgan fingerprint density at radius 2 is 2.14 bits per heavy atom. The van der Waals surface area contributed by atoms with E-state index in [9.17, 15) is 4.79 Å². The average Bonchev–Trinajstić information content (AvgIpc) is 2.88. The Bertz CT molecular complexity index is 605. The molecule has 0 amide bonds. The van der Waals surface area contributed by atoms with Gasteiger partial charge in [0.15, 0.2) is 11.4 Å². The lowest BCUT2D eigenvalue weighted by Crippen LogP contribution is -2.20. The molecule has 114 valence electrons. The lowest BCUT2D eigenvalue weighted by Gasteiger charge is -2.18. The van der Waals surface area contributed by atoms with Crippen LogP contribution in [0.2, 0.25) is 0 Å². The Hall–Kier alpha value is -1.91. The number of carbonyl (C=O) groups is 1. The first-order valence-electron chi connectivity index (χ1n) is 7.77. The van der Waals surface area contributed by atoms with Crippen LogP contribution in [0.1, 0.15) is 63.2 Å². The molecule has 0 saturated carbocycles. The maximum atomic E-state index is 11.6. The topological polar surface area (TPSA) is 70.7 Å². The molecule has 0 saturated heterocycles. The average molecular weight is 288 g/mol. The molecule has 0 radical (unpaired) electrons. The molecule has 21 heavy (non-hydrogen) atoms. The molecular formula is C16H24N4O. The predicted molar refractivity (Wildman–Crippen MR) is 85.7 cm³/mol. The zero-order chi connectivity index (χ0) is 15.2. The van der Waals surface area contributed by atoms with Crippen molar-refractivity contribution in [1.29, 1.82) is 0 Å². The van der Waals surface area contributed by atoms with Crippen LogP contribution in [-0.4, -0.2) is 26.8 Å². The molecule has 0 bridgehead atoms. The van der Waals surface area contributed by atoms with Gasteiger partial charge in [0.25, 0.3) is 0 Å². The maximum absolute atomic E-state index is 11.6. The van der Waals surface area contributed by atoms with Gasteiger partial charge in [-0.2, -0.15) is 0 Å². The molecule has 2 rings (SSSR count). The third kappa shape index (κ3) is 3.80. The van der Waals surface area contributed by atoms with E-state index < -0.39 is 0 Å². The Kier molecular flexibility index (Phi) is 5.31. The Morgan fingerprint density at radius 1 is 1.33 bits per heavy atom. The highest BCUT2D eigenvalue weighted by atomic mass is 16.1. The minimum absolute atomic E-state index is 0.00351. The molecule has 0 aromatic carbocycles. The number of H-pyrrole nitrogens is 1. The van der Waals surface area contributed by atoms with Crippen molar-refractivity contribution in [3.05, 3.63) is 18.0 Å². The van der Waals surface area contributed by atoms with E-state index in [0.29, 0.717) is 22.8 Å². The van der Waals surface area contributed by atoms with Crippen LogP contribution in [0.5, 0.6) is 0 Å². The maximum Gasteiger partial charge on any atom is 0.163 e. The summed E-state index contributed by atoms with van der Waals surface area (Å²) in [4.78, 5) is 23.5. The quantitative estimate of drug-likeness (QED) is 0.722. The van der Waals surface area contributed by atoms with Crippen molar-refractivity contribution < 1.29 is 4.79 Å². The highest BCUT2D eigenvalue weighted by Crippen LogP contribution is 2.19. The summed E-state index contributed by atoms with van der Waals surface area (Å²) in [6.45, 7) is 5.94. The van der Waals surface area contributed by atoms with Crippen molar-refractivity contribution in [3.8, 4) is 0 Å². The Balaban J connectivity index is 2.20. The van der Waals surface area contributed by atoms with Crippen molar-refractivity contribution in [3.63, 3.8) is 0 Å². The summed E-state index contributed by atoms with van der Waals surface area (Å²) in [7, 11) is 0. The number of hydrogen-bond donors (Lipinski definition) is 2. The molecular weight excluding hydrogens is 264 g/mol. The van der Waals surface area contributed by atoms with Gasteiger partial charge < -0.3 is 10.3 Å². The lowest BCUT2D eigenvalue weighted by molar-refractivity contribution is 0.101. The van der Waals surface area contributed by atoms with Gasteiger partial charge in [-0.05, 0) is 19.8 Å². The largest absolute Gasteiger partial charge is 0.366 e. The third-order valence-electron chi connectivity index (χ3n) is 3.66. The van der Waals surface area contributed by atoms with Crippen LogP contribution in [0.15, 0.2) is 12.4 Å². The van der Waals surface area contributed by atoms with E-state index in [1.165, 1.54) is 12.8 Å². The van der Waals surface area contributed by atoms with Gasteiger partial charge in [-0.1, -0.05) is 33.1 Å². The summed E-state index contributed by atoms with van der Waals surface area (Å²) in [6, 6.07) is 0.418. The molecule has 2 heterocycles. The van der Waals surface area contributed by atoms with Crippen molar-refractivity contribution >= 4 is 22.8 Å². The Morgan fingerprint density at radius 3 is 2.81 bits per heavy atom. The molecule has 0 aliphatic carbocycles. The summed E-state index contributed by atoms with van der Waals surface area (Å²) >= 11 is 0. The highest BCUT2D eigenvalue weighted by molar-refractivity contribution is 6.04. The zero-order valence-corrected chi connectivity index (χ0v) is 13.1. The van der Waals surface area contributed by atoms with E-state index in [2.05, 4.69) is 34.1 Å². The van der Waals surface area contributed by atoms with Crippen LogP contribution in [0.3, 0.4) is 0 Å². The highest BCUT2D eigenvalue weighted by Gasteiger charge is 2.13. The van der Waals surface area contributed by atoms with E-state index in [0.717, 1.165) is 25.1 Å². The van der Waals surface area contributed by atoms with Gasteiger partial charge in [0, 0.05) is 12.2 Å². The number of hydrogen-bond acceptors (Lipinski definition) is 4. The second-order valence-electron chi connectivity index (χ2n) is 5.48. The first-order chi connectivity index (χ1) is 10.2. The van der Waals surface area contributed by atoms with Gasteiger partial charge >= 0.3 is 0 Å². The summed E-state index contributed by atoms with van der Waals surface area (Å²) in [5.41, 5.74) is 1.91. The number of aromatic nitrogens is 3. The molecule has 2 aromatic rings. The predicted octanol–water partition coefficient (Wildman–Crippen LogP) is 3.93. The second-order valence-corrected chi connectivity index (χ2v) is 5.48. The van der Waals surface area contributed by atoms with E-state index >= 15 is 0 Å². The lowest BCUT2D eigenvalue weighted by atomic mass is 10.1. The fourth-order valence-corrected chi connectivity index (χ4v) is 2.53. The first kappa shape index (κ1) is 15.5. The molecule has 0 spiro atoms. The van der Waals surface area contributed by atoms with E-state index in [-0.39, 0.29) is 5.78 Å². The molecule has 2 aromatic heterocycles. The van der Waals surface area contributed by atoms with Crippen LogP contribution in [0.25, 0.3) is 11.2 Å². The van der Waals surface area contributed by atoms with Gasteiger partial charge in [0.05, 0.1) is 11.8 Å². The number of ketones is 1. The molecule has 2 N–H and O–H groups in total. The minimum atomic E-state index is 0.00351. The molecule has 0 aliphatic heterocycles. The number of fused-ring (bicyclic) bond motifs is 1. The number of anilines is 1. The standard InChI is InChI=1S/C16H24N4O/c1-4-6-8-12(7-5-2)19-14-10-18-16-15(20-14)13(9-17-16)11(3)21/h9-10,12H,4-8H2,1-3H3,(H,17,18)(H,19,20). The van der Waals surface area contributed by atoms with E-state index in [1.54, 1.807) is 19.3 Å². The summed E-state index contributed by atoms with van der Waals surface area (Å²) in [6.07, 6.45) is 9.20. The molecule has 1 atom stereocenters. The van der Waals surface area contributed by atoms with Gasteiger partial charge in [0.1, 0.15) is 11.3 Å². The van der Waals surface area contributed by atoms with Gasteiger partial charge in [-0.15, -0.1) is 0 Å². The van der Waals surface area contributed by atoms with Crippen molar-refractivity contribution in [1.82, 2.24) is 15.0 Å². The molecule has 1 unspecified atom stereocenters. The Labute approximate surface area is 125 Å². The summed E-state index contributed by atoms with van der Waals surface area (Å²) < 4.78 is 0. The summed E-state index contributed by atoms with van der Waals surface area (Å²) in [5, 5.41) is 3.46. The SMILES string of the molecule is CCCCC(CCC)Nc1cnc2[nH]cc(C(C)=O)c2n1. The van der Waals surface area contributed by atoms with Gasteiger partial charge in [-0.3, -0.25) is 4.79 Å². The number of unbranched alkanes of at least 4 members (excludes halogenated alkanes) is 1. The fraction of sp³-hybridized carbons (Fsp3) is 0.562. The van der Waals surface area contributed by atoms with Crippen LogP contribution in [0.4, 0.5) is 5.82 Å². The normalized spacial score (nSPS) is 12.5. The second kappa shape index (κ2) is 7.20. The number of Topliss-reactive ketones (excluding diaryl/α,β-unsaturated/α-hetero) is 1. The van der Waals surface area contributed by atoms with Crippen molar-refractivity contribution in [2.24, 2.45) is 0 Å². The van der Waals surface area contributed by atoms with E-state index in [1.807, 2.05) is 0 Å². The summed E-state index contributed by atoms with van der Waals surface area (Å²) in [5.74, 6) is 0.753.